The smallest absolute Gasteiger partial charge is 0.253 e. The van der Waals surface area contributed by atoms with Gasteiger partial charge in [0.15, 0.2) is 5.11 Å². The molecule has 33 heavy (non-hydrogen) atoms. The standard InChI is InChI=1S/C26H31N3O3S/c1-4-31-22-9-7-21(8-10-22)27-26(33)29(16-23-6-5-11-32-23)15-20-14-19-13-17(2)12-18(3)24(19)28-25(20)30/h7-10,12-14,23H,4-6,11,15-16H2,1-3H3,(H,27,33)(H,28,30)/t23-/m1/s1. The molecule has 1 aliphatic rings. The number of hydrogen-bond acceptors (Lipinski definition) is 4. The van der Waals surface area contributed by atoms with Crippen molar-refractivity contribution in [2.24, 2.45) is 0 Å². The summed E-state index contributed by atoms with van der Waals surface area (Å²) in [5.41, 5.74) is 4.59. The Kier molecular flexibility index (Phi) is 7.30. The number of nitrogens with zero attached hydrogens (tertiary/aromatic N) is 1. The number of nitrogens with one attached hydrogen (secondary N) is 2. The number of hydrogen-bond donors (Lipinski definition) is 2. The van der Waals surface area contributed by atoms with Crippen molar-refractivity contribution < 1.29 is 9.47 Å². The molecule has 4 rings (SSSR count). The van der Waals surface area contributed by atoms with Gasteiger partial charge in [0, 0.05) is 24.4 Å². The maximum Gasteiger partial charge on any atom is 0.253 e. The summed E-state index contributed by atoms with van der Waals surface area (Å²) >= 11 is 5.77. The van der Waals surface area contributed by atoms with Gasteiger partial charge in [0.25, 0.3) is 5.56 Å². The molecule has 0 unspecified atom stereocenters. The number of thiocarbonyl (C=S) groups is 1. The molecule has 0 radical (unpaired) electrons. The van der Waals surface area contributed by atoms with Crippen LogP contribution in [0.5, 0.6) is 5.75 Å². The number of aryl methyl sites for hydroxylation is 2. The maximum atomic E-state index is 12.9. The van der Waals surface area contributed by atoms with Crippen LogP contribution in [0.1, 0.15) is 36.5 Å². The van der Waals surface area contributed by atoms with Crippen LogP contribution in [-0.4, -0.2) is 40.9 Å². The van der Waals surface area contributed by atoms with E-state index in [1.165, 1.54) is 5.56 Å². The Labute approximate surface area is 199 Å². The third-order valence-corrected chi connectivity index (χ3v) is 6.24. The van der Waals surface area contributed by atoms with E-state index in [0.29, 0.717) is 30.4 Å². The predicted molar refractivity (Wildman–Crippen MR) is 137 cm³/mol. The molecule has 1 aromatic heterocycles. The Morgan fingerprint density at radius 2 is 2.03 bits per heavy atom. The van der Waals surface area contributed by atoms with Crippen LogP contribution in [0.2, 0.25) is 0 Å². The minimum Gasteiger partial charge on any atom is -0.494 e. The second-order valence-electron chi connectivity index (χ2n) is 8.57. The molecule has 2 aromatic carbocycles. The molecule has 0 spiro atoms. The SMILES string of the molecule is CCOc1ccc(NC(=S)N(Cc2cc3cc(C)cc(C)c3[nH]c2=O)C[C@H]2CCCO2)cc1. The van der Waals surface area contributed by atoms with Gasteiger partial charge in [-0.2, -0.15) is 0 Å². The molecule has 0 amide bonds. The zero-order valence-electron chi connectivity index (χ0n) is 19.4. The van der Waals surface area contributed by atoms with Crippen molar-refractivity contribution in [3.8, 4) is 5.75 Å². The Balaban J connectivity index is 1.58. The molecule has 2 heterocycles. The molecule has 0 saturated carbocycles. The van der Waals surface area contributed by atoms with Gasteiger partial charge >= 0.3 is 0 Å². The molecule has 1 fully saturated rings. The highest BCUT2D eigenvalue weighted by Crippen LogP contribution is 2.21. The number of anilines is 1. The molecule has 1 saturated heterocycles. The van der Waals surface area contributed by atoms with Crippen LogP contribution in [0.3, 0.4) is 0 Å². The molecule has 174 valence electrons. The molecule has 1 aliphatic heterocycles. The summed E-state index contributed by atoms with van der Waals surface area (Å²) in [6, 6.07) is 13.9. The van der Waals surface area contributed by atoms with Gasteiger partial charge in [-0.15, -0.1) is 0 Å². The van der Waals surface area contributed by atoms with Gasteiger partial charge in [0.1, 0.15) is 5.75 Å². The van der Waals surface area contributed by atoms with Gasteiger partial charge in [-0.3, -0.25) is 4.79 Å². The zero-order valence-corrected chi connectivity index (χ0v) is 20.3. The van der Waals surface area contributed by atoms with Crippen molar-refractivity contribution >= 4 is 33.9 Å². The van der Waals surface area contributed by atoms with Crippen molar-refractivity contribution in [1.29, 1.82) is 0 Å². The molecule has 7 heteroatoms. The molecule has 0 bridgehead atoms. The third-order valence-electron chi connectivity index (χ3n) is 5.88. The van der Waals surface area contributed by atoms with E-state index in [1.54, 1.807) is 0 Å². The fourth-order valence-corrected chi connectivity index (χ4v) is 4.57. The summed E-state index contributed by atoms with van der Waals surface area (Å²) in [4.78, 5) is 18.0. The van der Waals surface area contributed by atoms with Crippen LogP contribution in [0.15, 0.2) is 47.3 Å². The number of aromatic amines is 1. The molecule has 2 N–H and O–H groups in total. The Bertz CT molecular complexity index is 1180. The van der Waals surface area contributed by atoms with Crippen molar-refractivity contribution in [3.05, 3.63) is 69.5 Å². The van der Waals surface area contributed by atoms with Crippen LogP contribution >= 0.6 is 12.2 Å². The fourth-order valence-electron chi connectivity index (χ4n) is 4.31. The van der Waals surface area contributed by atoms with Crippen molar-refractivity contribution in [3.63, 3.8) is 0 Å². The highest BCUT2D eigenvalue weighted by Gasteiger charge is 2.22. The first-order chi connectivity index (χ1) is 15.9. The normalized spacial score (nSPS) is 15.5. The van der Waals surface area contributed by atoms with Crippen LogP contribution < -0.4 is 15.6 Å². The van der Waals surface area contributed by atoms with E-state index in [-0.39, 0.29) is 11.7 Å². The number of aromatic nitrogens is 1. The van der Waals surface area contributed by atoms with Crippen molar-refractivity contribution in [2.75, 3.05) is 25.1 Å². The first-order valence-electron chi connectivity index (χ1n) is 11.5. The van der Waals surface area contributed by atoms with Crippen LogP contribution in [0.25, 0.3) is 10.9 Å². The fraction of sp³-hybridized carbons (Fsp3) is 0.385. The lowest BCUT2D eigenvalue weighted by Crippen LogP contribution is -2.40. The molecule has 3 aromatic rings. The summed E-state index contributed by atoms with van der Waals surface area (Å²) < 4.78 is 11.4. The average molecular weight is 466 g/mol. The van der Waals surface area contributed by atoms with Crippen LogP contribution in [-0.2, 0) is 11.3 Å². The Morgan fingerprint density at radius 1 is 1.24 bits per heavy atom. The van der Waals surface area contributed by atoms with E-state index in [4.69, 9.17) is 21.7 Å². The van der Waals surface area contributed by atoms with E-state index in [9.17, 15) is 4.79 Å². The number of H-pyrrole nitrogens is 1. The van der Waals surface area contributed by atoms with E-state index in [0.717, 1.165) is 47.4 Å². The van der Waals surface area contributed by atoms with Gasteiger partial charge in [0.2, 0.25) is 0 Å². The second kappa shape index (κ2) is 10.4. The number of pyridine rings is 1. The summed E-state index contributed by atoms with van der Waals surface area (Å²) in [7, 11) is 0. The van der Waals surface area contributed by atoms with E-state index >= 15 is 0 Å². The van der Waals surface area contributed by atoms with E-state index in [2.05, 4.69) is 29.4 Å². The lowest BCUT2D eigenvalue weighted by molar-refractivity contribution is 0.0904. The second-order valence-corrected chi connectivity index (χ2v) is 8.96. The molecule has 1 atom stereocenters. The number of rotatable bonds is 7. The molecule has 6 nitrogen and oxygen atoms in total. The van der Waals surface area contributed by atoms with Gasteiger partial charge in [-0.05, 0) is 93.2 Å². The van der Waals surface area contributed by atoms with Crippen LogP contribution in [0.4, 0.5) is 5.69 Å². The van der Waals surface area contributed by atoms with Gasteiger partial charge in [0.05, 0.1) is 24.8 Å². The third kappa shape index (κ3) is 5.72. The lowest BCUT2D eigenvalue weighted by atomic mass is 10.1. The predicted octanol–water partition coefficient (Wildman–Crippen LogP) is 4.92. The molecular weight excluding hydrogens is 434 g/mol. The van der Waals surface area contributed by atoms with Crippen molar-refractivity contribution in [1.82, 2.24) is 9.88 Å². The highest BCUT2D eigenvalue weighted by molar-refractivity contribution is 7.80. The van der Waals surface area contributed by atoms with Crippen LogP contribution in [0, 0.1) is 13.8 Å². The number of ether oxygens (including phenoxy) is 2. The van der Waals surface area contributed by atoms with Gasteiger partial charge < -0.3 is 24.7 Å². The Hall–Kier alpha value is -2.90. The zero-order chi connectivity index (χ0) is 23.4. The quantitative estimate of drug-likeness (QED) is 0.483. The van der Waals surface area contributed by atoms with E-state index in [1.807, 2.05) is 49.1 Å². The molecular formula is C26H31N3O3S. The largest absolute Gasteiger partial charge is 0.494 e. The topological polar surface area (TPSA) is 66.6 Å². The first kappa shape index (κ1) is 23.3. The van der Waals surface area contributed by atoms with Gasteiger partial charge in [-0.1, -0.05) is 11.6 Å². The van der Waals surface area contributed by atoms with E-state index < -0.39 is 0 Å². The molecule has 0 aliphatic carbocycles. The maximum absolute atomic E-state index is 12.9. The minimum atomic E-state index is -0.0874. The Morgan fingerprint density at radius 3 is 2.73 bits per heavy atom. The number of fused-ring (bicyclic) bond motifs is 1. The first-order valence-corrected chi connectivity index (χ1v) is 11.9. The summed E-state index contributed by atoms with van der Waals surface area (Å²) in [5, 5.41) is 4.91. The van der Waals surface area contributed by atoms with Gasteiger partial charge in [-0.25, -0.2) is 0 Å². The number of benzene rings is 2. The summed E-state index contributed by atoms with van der Waals surface area (Å²) in [6.07, 6.45) is 2.15. The summed E-state index contributed by atoms with van der Waals surface area (Å²) in [6.45, 7) is 8.48. The lowest BCUT2D eigenvalue weighted by Gasteiger charge is -2.28. The average Bonchev–Trinajstić information content (AvgIpc) is 3.29. The minimum absolute atomic E-state index is 0.0874. The van der Waals surface area contributed by atoms with Crippen molar-refractivity contribution in [2.45, 2.75) is 46.3 Å². The monoisotopic (exact) mass is 465 g/mol. The summed E-state index contributed by atoms with van der Waals surface area (Å²) in [5.74, 6) is 0.818. The highest BCUT2D eigenvalue weighted by atomic mass is 32.1.